The third-order valence-corrected chi connectivity index (χ3v) is 8.23. The zero-order valence-corrected chi connectivity index (χ0v) is 22.9. The molecule has 1 fully saturated rings. The Labute approximate surface area is 231 Å². The molecule has 5 rings (SSSR count). The summed E-state index contributed by atoms with van der Waals surface area (Å²) in [5.41, 5.74) is -0.399. The fourth-order valence-electron chi connectivity index (χ4n) is 4.95. The van der Waals surface area contributed by atoms with Crippen LogP contribution in [0.1, 0.15) is 36.1 Å². The molecule has 12 nitrogen and oxygen atoms in total. The van der Waals surface area contributed by atoms with Crippen molar-refractivity contribution < 1.29 is 18.7 Å². The Kier molecular flexibility index (Phi) is 7.51. The Morgan fingerprint density at radius 2 is 2.00 bits per heavy atom. The van der Waals surface area contributed by atoms with E-state index in [4.69, 9.17) is 14.7 Å². The number of carbonyl (C=O) groups excluding carboxylic acids is 1. The standard InChI is InChI=1S/C26H26FN7O5S/c1-15-21-23(36)33(18-7-11-31(2)22(18)35)26(37)32(25(21)40-24(15)34-29-9-10-30-34)14-20(39-12-4-8-28)17-13-16(27)5-6-19(17)38-3/h5-6,9-10,13,18,20H,4,7,11-12,14H2,1-3H3/t18?,20-/m0/s1. The molecule has 0 aliphatic carbocycles. The number of amides is 1. The maximum Gasteiger partial charge on any atom is 0.332 e. The Morgan fingerprint density at radius 1 is 1.25 bits per heavy atom. The molecule has 40 heavy (non-hydrogen) atoms. The Hall–Kier alpha value is -4.35. The van der Waals surface area contributed by atoms with Gasteiger partial charge in [-0.2, -0.15) is 15.5 Å². The van der Waals surface area contributed by atoms with Crippen LogP contribution in [0.15, 0.2) is 40.2 Å². The van der Waals surface area contributed by atoms with E-state index in [0.29, 0.717) is 39.7 Å². The van der Waals surface area contributed by atoms with Crippen LogP contribution in [0, 0.1) is 24.1 Å². The predicted molar refractivity (Wildman–Crippen MR) is 143 cm³/mol. The number of halogens is 1. The van der Waals surface area contributed by atoms with Gasteiger partial charge in [-0.25, -0.2) is 13.8 Å². The highest BCUT2D eigenvalue weighted by molar-refractivity contribution is 7.21. The number of aryl methyl sites for hydroxylation is 1. The van der Waals surface area contributed by atoms with Gasteiger partial charge in [0.25, 0.3) is 5.56 Å². The Bertz CT molecular complexity index is 1740. The molecule has 0 spiro atoms. The van der Waals surface area contributed by atoms with Crippen LogP contribution in [0.5, 0.6) is 5.75 Å². The molecule has 4 aromatic rings. The average molecular weight is 568 g/mol. The summed E-state index contributed by atoms with van der Waals surface area (Å²) in [5, 5.41) is 18.2. The zero-order valence-electron chi connectivity index (χ0n) is 22.0. The van der Waals surface area contributed by atoms with Crippen molar-refractivity contribution in [2.75, 3.05) is 27.3 Å². The number of likely N-dealkylation sites (tertiary alicyclic amines) is 1. The molecular weight excluding hydrogens is 541 g/mol. The molecule has 1 amide bonds. The second-order valence-corrected chi connectivity index (χ2v) is 10.3. The number of ether oxygens (including phenoxy) is 2. The summed E-state index contributed by atoms with van der Waals surface area (Å²) >= 11 is 1.15. The maximum atomic E-state index is 14.4. The van der Waals surface area contributed by atoms with Crippen LogP contribution < -0.4 is 16.0 Å². The number of fused-ring (bicyclic) bond motifs is 1. The van der Waals surface area contributed by atoms with Gasteiger partial charge in [-0.05, 0) is 31.5 Å². The number of hydrogen-bond donors (Lipinski definition) is 0. The van der Waals surface area contributed by atoms with Gasteiger partial charge in [-0.15, -0.1) is 4.80 Å². The topological polar surface area (TPSA) is 137 Å². The summed E-state index contributed by atoms with van der Waals surface area (Å²) in [7, 11) is 3.05. The zero-order chi connectivity index (χ0) is 28.6. The summed E-state index contributed by atoms with van der Waals surface area (Å²) in [6.07, 6.45) is 2.43. The number of methoxy groups -OCH3 is 1. The number of benzene rings is 1. The Morgan fingerprint density at radius 3 is 2.65 bits per heavy atom. The van der Waals surface area contributed by atoms with Crippen molar-refractivity contribution in [2.24, 2.45) is 0 Å². The molecule has 0 N–H and O–H groups in total. The molecule has 1 aliphatic rings. The molecule has 0 bridgehead atoms. The number of aromatic nitrogens is 5. The first-order chi connectivity index (χ1) is 19.3. The van der Waals surface area contributed by atoms with Crippen molar-refractivity contribution in [2.45, 2.75) is 38.5 Å². The van der Waals surface area contributed by atoms with Crippen LogP contribution in [0.4, 0.5) is 4.39 Å². The quantitative estimate of drug-likeness (QED) is 0.281. The number of carbonyl (C=O) groups is 1. The molecular formula is C26H26FN7O5S. The van der Waals surface area contributed by atoms with E-state index < -0.39 is 29.2 Å². The Balaban J connectivity index is 1.76. The minimum Gasteiger partial charge on any atom is -0.496 e. The van der Waals surface area contributed by atoms with Gasteiger partial charge in [-0.1, -0.05) is 11.3 Å². The monoisotopic (exact) mass is 567 g/mol. The van der Waals surface area contributed by atoms with E-state index in [0.717, 1.165) is 15.9 Å². The molecule has 2 atom stereocenters. The van der Waals surface area contributed by atoms with Crippen molar-refractivity contribution in [3.8, 4) is 16.8 Å². The largest absolute Gasteiger partial charge is 0.496 e. The lowest BCUT2D eigenvalue weighted by atomic mass is 10.1. The molecule has 1 aromatic carbocycles. The maximum absolute atomic E-state index is 14.4. The van der Waals surface area contributed by atoms with E-state index in [1.807, 2.05) is 6.07 Å². The van der Waals surface area contributed by atoms with Gasteiger partial charge in [-0.3, -0.25) is 14.2 Å². The predicted octanol–water partition coefficient (Wildman–Crippen LogP) is 2.34. The third kappa shape index (κ3) is 4.67. The summed E-state index contributed by atoms with van der Waals surface area (Å²) in [6, 6.07) is 4.99. The molecule has 208 valence electrons. The summed E-state index contributed by atoms with van der Waals surface area (Å²) in [6.45, 7) is 2.00. The van der Waals surface area contributed by atoms with Crippen LogP contribution in [-0.2, 0) is 16.1 Å². The van der Waals surface area contributed by atoms with E-state index in [9.17, 15) is 18.8 Å². The normalized spacial score (nSPS) is 16.0. The smallest absolute Gasteiger partial charge is 0.332 e. The first-order valence-electron chi connectivity index (χ1n) is 12.5. The van der Waals surface area contributed by atoms with Crippen LogP contribution in [0.2, 0.25) is 0 Å². The summed E-state index contributed by atoms with van der Waals surface area (Å²) in [5.74, 6) is -0.538. The van der Waals surface area contributed by atoms with E-state index in [1.165, 1.54) is 52.0 Å². The van der Waals surface area contributed by atoms with Crippen molar-refractivity contribution >= 4 is 27.5 Å². The van der Waals surface area contributed by atoms with Crippen LogP contribution in [0.3, 0.4) is 0 Å². The number of hydrogen-bond acceptors (Lipinski definition) is 9. The van der Waals surface area contributed by atoms with Crippen LogP contribution in [-0.4, -0.2) is 62.2 Å². The van der Waals surface area contributed by atoms with E-state index in [2.05, 4.69) is 10.2 Å². The minimum absolute atomic E-state index is 0.0101. The van der Waals surface area contributed by atoms with Gasteiger partial charge in [0.05, 0.1) is 50.5 Å². The SMILES string of the molecule is COc1ccc(F)cc1[C@H](Cn1c(=O)n(C2CCN(C)C2=O)c(=O)c2c(C)c(-n3nccn3)sc21)OCCC#N. The van der Waals surface area contributed by atoms with Crippen molar-refractivity contribution in [3.63, 3.8) is 0 Å². The van der Waals surface area contributed by atoms with Crippen molar-refractivity contribution in [3.05, 3.63) is 68.4 Å². The fourth-order valence-corrected chi connectivity index (χ4v) is 6.17. The highest BCUT2D eigenvalue weighted by Crippen LogP contribution is 2.34. The lowest BCUT2D eigenvalue weighted by Crippen LogP contribution is -2.44. The number of nitriles is 1. The highest BCUT2D eigenvalue weighted by Gasteiger charge is 2.35. The van der Waals surface area contributed by atoms with Gasteiger partial charge >= 0.3 is 5.69 Å². The molecule has 3 aromatic heterocycles. The molecule has 0 saturated carbocycles. The minimum atomic E-state index is -0.965. The number of likely N-dealkylation sites (N-methyl/N-ethyl adjacent to an activating group) is 1. The van der Waals surface area contributed by atoms with Crippen LogP contribution >= 0.6 is 11.3 Å². The first-order valence-corrected chi connectivity index (χ1v) is 13.3. The average Bonchev–Trinajstić information content (AvgIpc) is 3.66. The summed E-state index contributed by atoms with van der Waals surface area (Å²) in [4.78, 5) is 44.1. The molecule has 0 radical (unpaired) electrons. The second kappa shape index (κ2) is 11.0. The highest BCUT2D eigenvalue weighted by atomic mass is 32.1. The molecule has 4 heterocycles. The van der Waals surface area contributed by atoms with Gasteiger partial charge < -0.3 is 14.4 Å². The number of nitrogens with zero attached hydrogens (tertiary/aromatic N) is 7. The lowest BCUT2D eigenvalue weighted by Gasteiger charge is -2.23. The van der Waals surface area contributed by atoms with Gasteiger partial charge in [0.2, 0.25) is 5.91 Å². The number of rotatable bonds is 9. The third-order valence-electron chi connectivity index (χ3n) is 6.95. The lowest BCUT2D eigenvalue weighted by molar-refractivity contribution is -0.129. The molecule has 14 heteroatoms. The van der Waals surface area contributed by atoms with Crippen molar-refractivity contribution in [1.82, 2.24) is 29.0 Å². The van der Waals surface area contributed by atoms with E-state index in [1.54, 1.807) is 14.0 Å². The van der Waals surface area contributed by atoms with Gasteiger partial charge in [0.1, 0.15) is 33.5 Å². The van der Waals surface area contributed by atoms with Crippen LogP contribution in [0.25, 0.3) is 15.2 Å². The molecule has 1 saturated heterocycles. The van der Waals surface area contributed by atoms with Gasteiger partial charge in [0, 0.05) is 24.7 Å². The first kappa shape index (κ1) is 27.2. The fraction of sp³-hybridized carbons (Fsp3) is 0.385. The van der Waals surface area contributed by atoms with Gasteiger partial charge in [0.15, 0.2) is 0 Å². The molecule has 1 aliphatic heterocycles. The number of thiophene rings is 1. The van der Waals surface area contributed by atoms with Crippen molar-refractivity contribution in [1.29, 1.82) is 5.26 Å². The molecule has 1 unspecified atom stereocenters. The van der Waals surface area contributed by atoms with E-state index >= 15 is 0 Å². The summed E-state index contributed by atoms with van der Waals surface area (Å²) < 4.78 is 28.2. The second-order valence-electron chi connectivity index (χ2n) is 9.32. The van der Waals surface area contributed by atoms with E-state index in [-0.39, 0.29) is 30.9 Å².